The van der Waals surface area contributed by atoms with Gasteiger partial charge in [-0.1, -0.05) is 19.1 Å². The molecule has 0 saturated heterocycles. The molecule has 0 aliphatic heterocycles. The summed E-state index contributed by atoms with van der Waals surface area (Å²) < 4.78 is 5.91. The summed E-state index contributed by atoms with van der Waals surface area (Å²) in [5.41, 5.74) is 3.89. The van der Waals surface area contributed by atoms with Gasteiger partial charge in [0.2, 0.25) is 0 Å². The Hall–Kier alpha value is -1.32. The van der Waals surface area contributed by atoms with Gasteiger partial charge >= 0.3 is 0 Å². The molecule has 0 aliphatic carbocycles. The Balaban J connectivity index is 1.89. The molecule has 0 spiro atoms. The zero-order chi connectivity index (χ0) is 15.1. The summed E-state index contributed by atoms with van der Waals surface area (Å²) in [5.74, 6) is 0.997. The largest absolute Gasteiger partial charge is 0.493 e. The van der Waals surface area contributed by atoms with Gasteiger partial charge in [0, 0.05) is 12.5 Å². The normalized spacial score (nSPS) is 12.3. The number of nitrogens with one attached hydrogen (secondary N) is 1. The van der Waals surface area contributed by atoms with Crippen molar-refractivity contribution in [2.45, 2.75) is 39.7 Å². The van der Waals surface area contributed by atoms with E-state index in [0.29, 0.717) is 6.04 Å². The minimum absolute atomic E-state index is 0.392. The highest BCUT2D eigenvalue weighted by atomic mass is 32.1. The molecule has 1 heterocycles. The first-order chi connectivity index (χ1) is 10.2. The molecule has 0 fully saturated rings. The molecule has 0 bridgehead atoms. The molecule has 1 aromatic heterocycles. The van der Waals surface area contributed by atoms with Crippen LogP contribution in [-0.4, -0.2) is 13.2 Å². The second kappa shape index (κ2) is 8.20. The monoisotopic (exact) mass is 303 g/mol. The quantitative estimate of drug-likeness (QED) is 0.760. The molecule has 0 radical (unpaired) electrons. The van der Waals surface area contributed by atoms with Gasteiger partial charge in [-0.15, -0.1) is 0 Å². The van der Waals surface area contributed by atoms with Crippen molar-refractivity contribution >= 4 is 11.3 Å². The fraction of sp³-hybridized carbons (Fsp3) is 0.444. The third-order valence-electron chi connectivity index (χ3n) is 3.63. The maximum Gasteiger partial charge on any atom is 0.122 e. The summed E-state index contributed by atoms with van der Waals surface area (Å²) in [4.78, 5) is 0. The van der Waals surface area contributed by atoms with Crippen molar-refractivity contribution in [3.8, 4) is 5.75 Å². The van der Waals surface area contributed by atoms with Gasteiger partial charge in [-0.05, 0) is 66.4 Å². The van der Waals surface area contributed by atoms with Gasteiger partial charge in [0.15, 0.2) is 0 Å². The van der Waals surface area contributed by atoms with Crippen molar-refractivity contribution in [2.75, 3.05) is 13.2 Å². The zero-order valence-electron chi connectivity index (χ0n) is 13.2. The van der Waals surface area contributed by atoms with Crippen molar-refractivity contribution < 1.29 is 4.74 Å². The average Bonchev–Trinajstić information content (AvgIpc) is 2.99. The maximum absolute atomic E-state index is 5.91. The topological polar surface area (TPSA) is 21.3 Å². The first-order valence-electron chi connectivity index (χ1n) is 7.68. The van der Waals surface area contributed by atoms with E-state index in [1.807, 2.05) is 0 Å². The van der Waals surface area contributed by atoms with Gasteiger partial charge in [0.1, 0.15) is 5.75 Å². The Bertz CT molecular complexity index is 536. The average molecular weight is 303 g/mol. The minimum atomic E-state index is 0.392. The summed E-state index contributed by atoms with van der Waals surface area (Å²) in [6.07, 6.45) is 2.13. The van der Waals surface area contributed by atoms with E-state index in [0.717, 1.165) is 31.7 Å². The van der Waals surface area contributed by atoms with Crippen LogP contribution in [0.5, 0.6) is 5.75 Å². The molecule has 114 valence electrons. The summed E-state index contributed by atoms with van der Waals surface area (Å²) in [5, 5.41) is 7.81. The summed E-state index contributed by atoms with van der Waals surface area (Å²) in [6.45, 7) is 8.31. The Labute approximate surface area is 132 Å². The van der Waals surface area contributed by atoms with E-state index < -0.39 is 0 Å². The Kier molecular flexibility index (Phi) is 6.27. The molecule has 1 aromatic carbocycles. The van der Waals surface area contributed by atoms with Crippen molar-refractivity contribution in [1.29, 1.82) is 0 Å². The lowest BCUT2D eigenvalue weighted by Gasteiger charge is -2.16. The predicted octanol–water partition coefficient (Wildman–Crippen LogP) is 4.74. The molecule has 21 heavy (non-hydrogen) atoms. The van der Waals surface area contributed by atoms with Gasteiger partial charge in [-0.2, -0.15) is 11.3 Å². The summed E-state index contributed by atoms with van der Waals surface area (Å²) >= 11 is 1.74. The van der Waals surface area contributed by atoms with E-state index in [4.69, 9.17) is 4.74 Å². The van der Waals surface area contributed by atoms with Crippen LogP contribution >= 0.6 is 11.3 Å². The van der Waals surface area contributed by atoms with Gasteiger partial charge in [-0.3, -0.25) is 0 Å². The van der Waals surface area contributed by atoms with E-state index in [1.165, 1.54) is 16.7 Å². The van der Waals surface area contributed by atoms with E-state index in [1.54, 1.807) is 11.3 Å². The fourth-order valence-electron chi connectivity index (χ4n) is 2.30. The van der Waals surface area contributed by atoms with E-state index in [-0.39, 0.29) is 0 Å². The van der Waals surface area contributed by atoms with Crippen LogP contribution in [0.2, 0.25) is 0 Å². The highest BCUT2D eigenvalue weighted by Gasteiger charge is 2.07. The molecular formula is C18H25NOS. The van der Waals surface area contributed by atoms with Crippen LogP contribution in [0.1, 0.15) is 43.0 Å². The Morgan fingerprint density at radius 1 is 1.29 bits per heavy atom. The molecule has 1 unspecified atom stereocenters. The second-order valence-corrected chi connectivity index (χ2v) is 6.21. The molecule has 1 atom stereocenters. The molecule has 2 rings (SSSR count). The number of aryl methyl sites for hydroxylation is 1. The summed E-state index contributed by atoms with van der Waals surface area (Å²) in [7, 11) is 0. The molecule has 0 saturated carbocycles. The number of hydrogen-bond donors (Lipinski definition) is 1. The SMILES string of the molecule is CCCNC(C)c1ccc(OCCc2ccsc2)c(C)c1. The van der Waals surface area contributed by atoms with E-state index >= 15 is 0 Å². The molecular weight excluding hydrogens is 278 g/mol. The first kappa shape index (κ1) is 16.1. The molecule has 0 aliphatic rings. The van der Waals surface area contributed by atoms with Crippen molar-refractivity contribution in [1.82, 2.24) is 5.32 Å². The third kappa shape index (κ3) is 4.87. The number of hydrogen-bond acceptors (Lipinski definition) is 3. The highest BCUT2D eigenvalue weighted by molar-refractivity contribution is 7.07. The van der Waals surface area contributed by atoms with Gasteiger partial charge in [0.25, 0.3) is 0 Å². The predicted molar refractivity (Wildman–Crippen MR) is 91.4 cm³/mol. The number of ether oxygens (including phenoxy) is 1. The number of benzene rings is 1. The minimum Gasteiger partial charge on any atom is -0.493 e. The Morgan fingerprint density at radius 3 is 2.81 bits per heavy atom. The van der Waals surface area contributed by atoms with Gasteiger partial charge < -0.3 is 10.1 Å². The van der Waals surface area contributed by atoms with Crippen LogP contribution in [-0.2, 0) is 6.42 Å². The molecule has 2 nitrogen and oxygen atoms in total. The molecule has 0 amide bonds. The van der Waals surface area contributed by atoms with Crippen LogP contribution in [0, 0.1) is 6.92 Å². The first-order valence-corrected chi connectivity index (χ1v) is 8.62. The third-order valence-corrected chi connectivity index (χ3v) is 4.36. The smallest absolute Gasteiger partial charge is 0.122 e. The molecule has 3 heteroatoms. The Morgan fingerprint density at radius 2 is 2.14 bits per heavy atom. The van der Waals surface area contributed by atoms with Crippen LogP contribution in [0.3, 0.4) is 0 Å². The van der Waals surface area contributed by atoms with Gasteiger partial charge in [-0.25, -0.2) is 0 Å². The lowest BCUT2D eigenvalue weighted by molar-refractivity contribution is 0.319. The lowest BCUT2D eigenvalue weighted by atomic mass is 10.0. The van der Waals surface area contributed by atoms with Crippen molar-refractivity contribution in [3.05, 3.63) is 51.7 Å². The van der Waals surface area contributed by atoms with Crippen LogP contribution in [0.25, 0.3) is 0 Å². The summed E-state index contributed by atoms with van der Waals surface area (Å²) in [6, 6.07) is 9.05. The van der Waals surface area contributed by atoms with Crippen LogP contribution in [0.4, 0.5) is 0 Å². The maximum atomic E-state index is 5.91. The van der Waals surface area contributed by atoms with Gasteiger partial charge in [0.05, 0.1) is 6.61 Å². The molecule has 2 aromatic rings. The lowest BCUT2D eigenvalue weighted by Crippen LogP contribution is -2.19. The van der Waals surface area contributed by atoms with Crippen LogP contribution < -0.4 is 10.1 Å². The zero-order valence-corrected chi connectivity index (χ0v) is 14.0. The van der Waals surface area contributed by atoms with E-state index in [9.17, 15) is 0 Å². The number of rotatable bonds is 8. The fourth-order valence-corrected chi connectivity index (χ4v) is 3.00. The highest BCUT2D eigenvalue weighted by Crippen LogP contribution is 2.23. The van der Waals surface area contributed by atoms with Crippen molar-refractivity contribution in [3.63, 3.8) is 0 Å². The van der Waals surface area contributed by atoms with Crippen LogP contribution in [0.15, 0.2) is 35.0 Å². The number of thiophene rings is 1. The molecule has 1 N–H and O–H groups in total. The van der Waals surface area contributed by atoms with Crippen molar-refractivity contribution in [2.24, 2.45) is 0 Å². The van der Waals surface area contributed by atoms with E-state index in [2.05, 4.69) is 61.1 Å². The second-order valence-electron chi connectivity index (χ2n) is 5.43. The standard InChI is InChI=1S/C18H25NOS/c1-4-9-19-15(3)17-5-6-18(14(2)12-17)20-10-7-16-8-11-21-13-16/h5-6,8,11-13,15,19H,4,7,9-10H2,1-3H3.